The molecular weight excluding hydrogens is 364 g/mol. The molecule has 0 bridgehead atoms. The number of likely N-dealkylation sites (tertiary alicyclic amines) is 1. The minimum absolute atomic E-state index is 0.0454. The molecule has 2 aromatic heterocycles. The largest absolute Gasteiger partial charge is 0.497 e. The van der Waals surface area contributed by atoms with Gasteiger partial charge in [-0.15, -0.1) is 0 Å². The molecule has 29 heavy (non-hydrogen) atoms. The van der Waals surface area contributed by atoms with Crippen molar-refractivity contribution in [2.75, 3.05) is 20.2 Å². The third-order valence-corrected chi connectivity index (χ3v) is 5.58. The number of carbonyl (C=O) groups is 1. The fraction of sp³-hybridized carbons (Fsp3) is 0.348. The number of aromatic amines is 1. The van der Waals surface area contributed by atoms with Crippen molar-refractivity contribution in [1.29, 1.82) is 0 Å². The molecule has 0 radical (unpaired) electrons. The summed E-state index contributed by atoms with van der Waals surface area (Å²) in [7, 11) is 1.67. The number of aryl methyl sites for hydroxylation is 2. The summed E-state index contributed by atoms with van der Waals surface area (Å²) in [5.41, 5.74) is 5.79. The Morgan fingerprint density at radius 2 is 1.97 bits per heavy atom. The lowest BCUT2D eigenvalue weighted by molar-refractivity contribution is 0.0705. The minimum Gasteiger partial charge on any atom is -0.497 e. The highest BCUT2D eigenvalue weighted by Gasteiger charge is 2.28. The molecule has 1 unspecified atom stereocenters. The fourth-order valence-corrected chi connectivity index (χ4v) is 3.99. The maximum Gasteiger partial charge on any atom is 0.257 e. The van der Waals surface area contributed by atoms with Gasteiger partial charge >= 0.3 is 0 Å². The predicted molar refractivity (Wildman–Crippen MR) is 112 cm³/mol. The molecule has 1 atom stereocenters. The van der Waals surface area contributed by atoms with Gasteiger partial charge in [0.05, 0.1) is 18.9 Å². The van der Waals surface area contributed by atoms with Crippen molar-refractivity contribution in [3.05, 3.63) is 65.2 Å². The van der Waals surface area contributed by atoms with E-state index in [9.17, 15) is 4.79 Å². The monoisotopic (exact) mass is 390 g/mol. The number of amides is 1. The zero-order chi connectivity index (χ0) is 20.4. The Kier molecular flexibility index (Phi) is 5.34. The predicted octanol–water partition coefficient (Wildman–Crippen LogP) is 4.12. The molecule has 1 amide bonds. The Hall–Kier alpha value is -3.15. The second-order valence-electron chi connectivity index (χ2n) is 7.65. The van der Waals surface area contributed by atoms with Crippen molar-refractivity contribution >= 4 is 5.91 Å². The van der Waals surface area contributed by atoms with Crippen LogP contribution in [0.5, 0.6) is 5.75 Å². The number of methoxy groups -OCH3 is 1. The van der Waals surface area contributed by atoms with E-state index in [-0.39, 0.29) is 11.8 Å². The number of pyridine rings is 1. The van der Waals surface area contributed by atoms with Crippen molar-refractivity contribution in [3.8, 4) is 16.9 Å². The van der Waals surface area contributed by atoms with Gasteiger partial charge in [0.1, 0.15) is 5.75 Å². The van der Waals surface area contributed by atoms with Gasteiger partial charge in [0, 0.05) is 36.1 Å². The number of rotatable bonds is 4. The summed E-state index contributed by atoms with van der Waals surface area (Å²) >= 11 is 0. The standard InChI is InChI=1S/C23H26N4O2/c1-15-11-19(17-6-8-20(29-3)9-7-17)12-22(25-15)18-5-4-10-27(14-18)23(28)21-13-24-26-16(21)2/h6-9,11-13,18H,4-5,10,14H2,1-3H3,(H,24,26). The molecule has 150 valence electrons. The van der Waals surface area contributed by atoms with E-state index in [0.29, 0.717) is 12.1 Å². The molecule has 1 aliphatic heterocycles. The summed E-state index contributed by atoms with van der Waals surface area (Å²) in [6.45, 7) is 5.36. The van der Waals surface area contributed by atoms with Crippen LogP contribution < -0.4 is 4.74 Å². The van der Waals surface area contributed by atoms with E-state index in [1.54, 1.807) is 13.3 Å². The topological polar surface area (TPSA) is 71.1 Å². The molecule has 1 aliphatic rings. The van der Waals surface area contributed by atoms with Gasteiger partial charge in [-0.1, -0.05) is 12.1 Å². The molecule has 6 nitrogen and oxygen atoms in total. The third-order valence-electron chi connectivity index (χ3n) is 5.58. The van der Waals surface area contributed by atoms with Crippen LogP contribution in [-0.2, 0) is 0 Å². The van der Waals surface area contributed by atoms with Gasteiger partial charge in [0.15, 0.2) is 0 Å². The summed E-state index contributed by atoms with van der Waals surface area (Å²) in [6, 6.07) is 12.3. The molecule has 1 aromatic carbocycles. The maximum absolute atomic E-state index is 12.9. The van der Waals surface area contributed by atoms with E-state index in [4.69, 9.17) is 9.72 Å². The summed E-state index contributed by atoms with van der Waals surface area (Å²) in [4.78, 5) is 19.7. The highest BCUT2D eigenvalue weighted by atomic mass is 16.5. The Morgan fingerprint density at radius 3 is 2.66 bits per heavy atom. The number of ether oxygens (including phenoxy) is 1. The van der Waals surface area contributed by atoms with Crippen LogP contribution in [0.25, 0.3) is 11.1 Å². The lowest BCUT2D eigenvalue weighted by atomic mass is 9.92. The number of H-pyrrole nitrogens is 1. The van der Waals surface area contributed by atoms with Crippen LogP contribution in [0.3, 0.4) is 0 Å². The van der Waals surface area contributed by atoms with Crippen LogP contribution in [0.2, 0.25) is 0 Å². The summed E-state index contributed by atoms with van der Waals surface area (Å²) in [6.07, 6.45) is 3.63. The average Bonchev–Trinajstić information content (AvgIpc) is 3.18. The second-order valence-corrected chi connectivity index (χ2v) is 7.65. The second kappa shape index (κ2) is 8.07. The van der Waals surface area contributed by atoms with Crippen molar-refractivity contribution < 1.29 is 9.53 Å². The number of benzene rings is 1. The van der Waals surface area contributed by atoms with Crippen LogP contribution in [-0.4, -0.2) is 46.2 Å². The van der Waals surface area contributed by atoms with E-state index in [0.717, 1.165) is 53.3 Å². The number of hydrogen-bond acceptors (Lipinski definition) is 4. The van der Waals surface area contributed by atoms with Gasteiger partial charge in [-0.05, 0) is 62.1 Å². The first-order valence-corrected chi connectivity index (χ1v) is 9.97. The van der Waals surface area contributed by atoms with Crippen LogP contribution in [0.4, 0.5) is 0 Å². The summed E-state index contributed by atoms with van der Waals surface area (Å²) in [5.74, 6) is 1.12. The molecule has 1 saturated heterocycles. The van der Waals surface area contributed by atoms with Crippen molar-refractivity contribution in [2.45, 2.75) is 32.6 Å². The zero-order valence-electron chi connectivity index (χ0n) is 17.1. The van der Waals surface area contributed by atoms with Gasteiger partial charge in [0.25, 0.3) is 5.91 Å². The van der Waals surface area contributed by atoms with E-state index >= 15 is 0 Å². The first-order valence-electron chi connectivity index (χ1n) is 9.97. The number of piperidine rings is 1. The SMILES string of the molecule is COc1ccc(-c2cc(C)nc(C3CCCN(C(=O)c4cn[nH]c4C)C3)c2)cc1. The number of aromatic nitrogens is 3. The Labute approximate surface area is 170 Å². The molecule has 1 N–H and O–H groups in total. The number of carbonyl (C=O) groups excluding carboxylic acids is 1. The summed E-state index contributed by atoms with van der Waals surface area (Å²) in [5, 5.41) is 6.84. The van der Waals surface area contributed by atoms with Crippen LogP contribution in [0, 0.1) is 13.8 Å². The van der Waals surface area contributed by atoms with Gasteiger partial charge in [-0.3, -0.25) is 14.9 Å². The normalized spacial score (nSPS) is 16.7. The van der Waals surface area contributed by atoms with E-state index in [1.807, 2.05) is 30.9 Å². The first kappa shape index (κ1) is 19.2. The van der Waals surface area contributed by atoms with Crippen molar-refractivity contribution in [1.82, 2.24) is 20.1 Å². The summed E-state index contributed by atoms with van der Waals surface area (Å²) < 4.78 is 5.26. The Morgan fingerprint density at radius 1 is 1.17 bits per heavy atom. The maximum atomic E-state index is 12.9. The zero-order valence-corrected chi connectivity index (χ0v) is 17.1. The number of nitrogens with one attached hydrogen (secondary N) is 1. The minimum atomic E-state index is 0.0454. The molecule has 3 aromatic rings. The molecule has 0 spiro atoms. The molecule has 4 rings (SSSR count). The lowest BCUT2D eigenvalue weighted by Gasteiger charge is -2.32. The van der Waals surface area contributed by atoms with Crippen molar-refractivity contribution in [2.24, 2.45) is 0 Å². The Balaban J connectivity index is 1.58. The first-order chi connectivity index (χ1) is 14.0. The van der Waals surface area contributed by atoms with Crippen molar-refractivity contribution in [3.63, 3.8) is 0 Å². The van der Waals surface area contributed by atoms with E-state index < -0.39 is 0 Å². The lowest BCUT2D eigenvalue weighted by Crippen LogP contribution is -2.39. The average molecular weight is 390 g/mol. The molecule has 1 fully saturated rings. The van der Waals surface area contributed by atoms with E-state index in [2.05, 4.69) is 34.5 Å². The molecular formula is C23H26N4O2. The molecule has 0 saturated carbocycles. The fourth-order valence-electron chi connectivity index (χ4n) is 3.99. The molecule has 3 heterocycles. The van der Waals surface area contributed by atoms with Crippen LogP contribution >= 0.6 is 0 Å². The quantitative estimate of drug-likeness (QED) is 0.727. The van der Waals surface area contributed by atoms with Crippen LogP contribution in [0.1, 0.15) is 46.2 Å². The van der Waals surface area contributed by atoms with E-state index in [1.165, 1.54) is 0 Å². The van der Waals surface area contributed by atoms with Crippen LogP contribution in [0.15, 0.2) is 42.6 Å². The smallest absolute Gasteiger partial charge is 0.257 e. The Bertz CT molecular complexity index is 1010. The van der Waals surface area contributed by atoms with Gasteiger partial charge in [-0.2, -0.15) is 5.10 Å². The number of hydrogen-bond donors (Lipinski definition) is 1. The number of nitrogens with zero attached hydrogens (tertiary/aromatic N) is 3. The molecule has 6 heteroatoms. The van der Waals surface area contributed by atoms with Gasteiger partial charge in [-0.25, -0.2) is 0 Å². The third kappa shape index (κ3) is 4.01. The molecule has 0 aliphatic carbocycles. The highest BCUT2D eigenvalue weighted by molar-refractivity contribution is 5.95. The van der Waals surface area contributed by atoms with Gasteiger partial charge in [0.2, 0.25) is 0 Å². The highest BCUT2D eigenvalue weighted by Crippen LogP contribution is 2.31. The van der Waals surface area contributed by atoms with Gasteiger partial charge < -0.3 is 9.64 Å².